The molecule has 2 atom stereocenters. The minimum Gasteiger partial charge on any atom is -0.468 e. The quantitative estimate of drug-likeness (QED) is 0.266. The Kier molecular flexibility index (Phi) is 7.73. The number of nitrogens with one attached hydrogen (secondary N) is 2. The zero-order valence-electron chi connectivity index (χ0n) is 18.2. The Morgan fingerprint density at radius 1 is 1.19 bits per heavy atom. The lowest BCUT2D eigenvalue weighted by Crippen LogP contribution is -2.44. The second kappa shape index (κ2) is 11.1. The molecule has 2 fully saturated rings. The lowest BCUT2D eigenvalue weighted by molar-refractivity contribution is -0.384. The summed E-state index contributed by atoms with van der Waals surface area (Å²) in [6.45, 7) is 4.72. The molecule has 32 heavy (non-hydrogen) atoms. The summed E-state index contributed by atoms with van der Waals surface area (Å²) in [4.78, 5) is 17.7. The topological polar surface area (TPSA) is 105 Å². The van der Waals surface area contributed by atoms with Crippen molar-refractivity contribution in [1.29, 1.82) is 0 Å². The van der Waals surface area contributed by atoms with Crippen molar-refractivity contribution in [3.05, 3.63) is 64.1 Å². The van der Waals surface area contributed by atoms with Crippen molar-refractivity contribution in [3.8, 4) is 0 Å². The van der Waals surface area contributed by atoms with Gasteiger partial charge < -0.3 is 19.8 Å². The van der Waals surface area contributed by atoms with E-state index in [0.29, 0.717) is 25.6 Å². The van der Waals surface area contributed by atoms with Gasteiger partial charge in [-0.2, -0.15) is 0 Å². The van der Waals surface area contributed by atoms with Crippen LogP contribution in [0.25, 0.3) is 0 Å². The SMILES string of the molecule is O=[N+]([O-])c1ccc(CN=C(NCC2CCCO2)NCC(c2ccco2)N2CCCC2)cc1. The molecular formula is C23H31N5O4. The molecule has 2 saturated heterocycles. The van der Waals surface area contributed by atoms with Crippen LogP contribution >= 0.6 is 0 Å². The standard InChI is InChI=1S/C23H31N5O4/c29-28(30)19-9-7-18(8-10-19)15-24-23(25-16-20-5-3-13-31-20)26-17-21(22-6-4-14-32-22)27-11-1-2-12-27/h4,6-10,14,20-21H,1-3,5,11-13,15-17H2,(H2,24,25,26). The van der Waals surface area contributed by atoms with Crippen LogP contribution in [-0.4, -0.2) is 54.7 Å². The highest BCUT2D eigenvalue weighted by atomic mass is 16.6. The molecule has 2 unspecified atom stereocenters. The summed E-state index contributed by atoms with van der Waals surface area (Å²) in [5, 5.41) is 17.8. The number of aliphatic imine (C=N–C) groups is 1. The Morgan fingerprint density at radius 2 is 2.00 bits per heavy atom. The highest BCUT2D eigenvalue weighted by Gasteiger charge is 2.26. The molecule has 172 valence electrons. The third kappa shape index (κ3) is 6.08. The number of benzene rings is 1. The summed E-state index contributed by atoms with van der Waals surface area (Å²) in [5.74, 6) is 1.66. The molecule has 0 radical (unpaired) electrons. The van der Waals surface area contributed by atoms with E-state index in [2.05, 4.69) is 15.5 Å². The first-order valence-corrected chi connectivity index (χ1v) is 11.3. The molecule has 2 aliphatic rings. The predicted octanol–water partition coefficient (Wildman–Crippen LogP) is 3.24. The Balaban J connectivity index is 1.42. The van der Waals surface area contributed by atoms with E-state index in [-0.39, 0.29) is 17.8 Å². The summed E-state index contributed by atoms with van der Waals surface area (Å²) in [6.07, 6.45) is 6.46. The fourth-order valence-electron chi connectivity index (χ4n) is 4.22. The van der Waals surface area contributed by atoms with E-state index >= 15 is 0 Å². The fraction of sp³-hybridized carbons (Fsp3) is 0.522. The lowest BCUT2D eigenvalue weighted by atomic mass is 10.2. The van der Waals surface area contributed by atoms with Crippen molar-refractivity contribution in [1.82, 2.24) is 15.5 Å². The Labute approximate surface area is 188 Å². The molecular weight excluding hydrogens is 410 g/mol. The van der Waals surface area contributed by atoms with Gasteiger partial charge in [0.25, 0.3) is 5.69 Å². The van der Waals surface area contributed by atoms with Gasteiger partial charge >= 0.3 is 0 Å². The first-order valence-electron chi connectivity index (χ1n) is 11.3. The molecule has 0 aliphatic carbocycles. The number of hydrogen-bond acceptors (Lipinski definition) is 6. The monoisotopic (exact) mass is 441 g/mol. The number of furan rings is 1. The molecule has 1 aromatic heterocycles. The second-order valence-corrected chi connectivity index (χ2v) is 8.26. The maximum absolute atomic E-state index is 10.9. The number of guanidine groups is 1. The first kappa shape index (κ1) is 22.3. The zero-order valence-corrected chi connectivity index (χ0v) is 18.2. The highest BCUT2D eigenvalue weighted by molar-refractivity contribution is 5.79. The normalized spacial score (nSPS) is 20.4. The molecule has 0 bridgehead atoms. The molecule has 0 amide bonds. The summed E-state index contributed by atoms with van der Waals surface area (Å²) in [7, 11) is 0. The largest absolute Gasteiger partial charge is 0.468 e. The Hall–Kier alpha value is -2.91. The predicted molar refractivity (Wildman–Crippen MR) is 121 cm³/mol. The van der Waals surface area contributed by atoms with E-state index < -0.39 is 4.92 Å². The number of rotatable bonds is 9. The minimum atomic E-state index is -0.393. The number of likely N-dealkylation sites (tertiary alicyclic amines) is 1. The van der Waals surface area contributed by atoms with Gasteiger partial charge in [0.15, 0.2) is 5.96 Å². The highest BCUT2D eigenvalue weighted by Crippen LogP contribution is 2.25. The number of nitro groups is 1. The van der Waals surface area contributed by atoms with Gasteiger partial charge in [-0.3, -0.25) is 15.0 Å². The average Bonchev–Trinajstić information content (AvgIpc) is 3.59. The van der Waals surface area contributed by atoms with Crippen LogP contribution in [0.5, 0.6) is 0 Å². The van der Waals surface area contributed by atoms with Crippen molar-refractivity contribution >= 4 is 11.6 Å². The first-order chi connectivity index (χ1) is 15.7. The number of nitrogens with zero attached hydrogens (tertiary/aromatic N) is 3. The van der Waals surface area contributed by atoms with E-state index in [0.717, 1.165) is 43.9 Å². The third-order valence-corrected chi connectivity index (χ3v) is 6.00. The maximum atomic E-state index is 10.9. The summed E-state index contributed by atoms with van der Waals surface area (Å²) in [6, 6.07) is 10.6. The van der Waals surface area contributed by atoms with E-state index in [1.54, 1.807) is 18.4 Å². The van der Waals surface area contributed by atoms with Crippen LogP contribution in [0.1, 0.15) is 43.0 Å². The van der Waals surface area contributed by atoms with Crippen LogP contribution in [0.3, 0.4) is 0 Å². The molecule has 0 saturated carbocycles. The number of ether oxygens (including phenoxy) is 1. The van der Waals surface area contributed by atoms with Crippen molar-refractivity contribution in [2.45, 2.75) is 44.4 Å². The molecule has 2 N–H and O–H groups in total. The fourth-order valence-corrected chi connectivity index (χ4v) is 4.22. The lowest BCUT2D eigenvalue weighted by Gasteiger charge is -2.27. The molecule has 2 aliphatic heterocycles. The van der Waals surface area contributed by atoms with Crippen molar-refractivity contribution in [2.75, 3.05) is 32.8 Å². The summed E-state index contributed by atoms with van der Waals surface area (Å²) < 4.78 is 11.5. The van der Waals surface area contributed by atoms with Crippen LogP contribution in [0.2, 0.25) is 0 Å². The third-order valence-electron chi connectivity index (χ3n) is 6.00. The molecule has 1 aromatic carbocycles. The van der Waals surface area contributed by atoms with Gasteiger partial charge in [0.05, 0.1) is 29.9 Å². The van der Waals surface area contributed by atoms with E-state index in [9.17, 15) is 10.1 Å². The van der Waals surface area contributed by atoms with Crippen molar-refractivity contribution < 1.29 is 14.1 Å². The van der Waals surface area contributed by atoms with Crippen LogP contribution in [0.4, 0.5) is 5.69 Å². The van der Waals surface area contributed by atoms with Gasteiger partial charge in [0.1, 0.15) is 5.76 Å². The van der Waals surface area contributed by atoms with Crippen LogP contribution < -0.4 is 10.6 Å². The molecule has 3 heterocycles. The summed E-state index contributed by atoms with van der Waals surface area (Å²) in [5.41, 5.74) is 0.996. The van der Waals surface area contributed by atoms with Crippen LogP contribution in [0.15, 0.2) is 52.1 Å². The second-order valence-electron chi connectivity index (χ2n) is 8.26. The average molecular weight is 442 g/mol. The van der Waals surface area contributed by atoms with Gasteiger partial charge in [-0.05, 0) is 56.5 Å². The minimum absolute atomic E-state index is 0.0829. The molecule has 4 rings (SSSR count). The Morgan fingerprint density at radius 3 is 2.66 bits per heavy atom. The van der Waals surface area contributed by atoms with Gasteiger partial charge in [0.2, 0.25) is 0 Å². The van der Waals surface area contributed by atoms with Gasteiger partial charge in [0, 0.05) is 31.8 Å². The molecule has 9 nitrogen and oxygen atoms in total. The van der Waals surface area contributed by atoms with E-state index in [1.165, 1.54) is 25.0 Å². The van der Waals surface area contributed by atoms with E-state index in [4.69, 9.17) is 14.1 Å². The Bertz CT molecular complexity index is 872. The zero-order chi connectivity index (χ0) is 22.2. The summed E-state index contributed by atoms with van der Waals surface area (Å²) >= 11 is 0. The van der Waals surface area contributed by atoms with Gasteiger partial charge in [-0.1, -0.05) is 12.1 Å². The smallest absolute Gasteiger partial charge is 0.269 e. The number of nitro benzene ring substituents is 1. The molecule has 2 aromatic rings. The molecule has 0 spiro atoms. The number of non-ortho nitro benzene ring substituents is 1. The van der Waals surface area contributed by atoms with Gasteiger partial charge in [-0.15, -0.1) is 0 Å². The van der Waals surface area contributed by atoms with Crippen molar-refractivity contribution in [3.63, 3.8) is 0 Å². The van der Waals surface area contributed by atoms with E-state index in [1.807, 2.05) is 12.1 Å². The van der Waals surface area contributed by atoms with Gasteiger partial charge in [-0.25, -0.2) is 4.99 Å². The number of hydrogen-bond donors (Lipinski definition) is 2. The maximum Gasteiger partial charge on any atom is 0.269 e. The van der Waals surface area contributed by atoms with Crippen molar-refractivity contribution in [2.24, 2.45) is 4.99 Å². The van der Waals surface area contributed by atoms with Crippen LogP contribution in [0, 0.1) is 10.1 Å². The molecule has 9 heteroatoms. The van der Waals surface area contributed by atoms with Crippen LogP contribution in [-0.2, 0) is 11.3 Å².